The zero-order chi connectivity index (χ0) is 16.5. The van der Waals surface area contributed by atoms with Gasteiger partial charge in [-0.3, -0.25) is 0 Å². The van der Waals surface area contributed by atoms with Crippen molar-refractivity contribution in [3.8, 4) is 5.75 Å². The summed E-state index contributed by atoms with van der Waals surface area (Å²) in [5.74, 6) is -0.283. The number of carbonyl (C=O) groups is 2. The van der Waals surface area contributed by atoms with Crippen LogP contribution in [0, 0.1) is 0 Å². The molecule has 0 spiro atoms. The van der Waals surface area contributed by atoms with E-state index in [1.165, 1.54) is 20.3 Å². The number of benzene rings is 1. The first kappa shape index (κ1) is 18.0. The maximum absolute atomic E-state index is 11.5. The Morgan fingerprint density at radius 3 is 2.59 bits per heavy atom. The first-order chi connectivity index (χ1) is 10.5. The fourth-order valence-corrected chi connectivity index (χ4v) is 2.08. The SMILES string of the molecule is COC(=O)/C=C/COc1c(Br)cccc1/C=C(\C)C(=O)OC. The van der Waals surface area contributed by atoms with Crippen molar-refractivity contribution >= 4 is 33.9 Å². The molecule has 0 unspecified atom stereocenters. The van der Waals surface area contributed by atoms with Gasteiger partial charge in [-0.05, 0) is 41.1 Å². The number of halogens is 1. The molecule has 1 rings (SSSR count). The molecule has 22 heavy (non-hydrogen) atoms. The van der Waals surface area contributed by atoms with Crippen molar-refractivity contribution < 1.29 is 23.8 Å². The van der Waals surface area contributed by atoms with Gasteiger partial charge in [-0.25, -0.2) is 9.59 Å². The van der Waals surface area contributed by atoms with Gasteiger partial charge >= 0.3 is 11.9 Å². The highest BCUT2D eigenvalue weighted by molar-refractivity contribution is 9.10. The van der Waals surface area contributed by atoms with Crippen molar-refractivity contribution in [2.45, 2.75) is 6.92 Å². The Kier molecular flexibility index (Phi) is 7.39. The van der Waals surface area contributed by atoms with E-state index in [0.29, 0.717) is 11.3 Å². The monoisotopic (exact) mass is 368 g/mol. The summed E-state index contributed by atoms with van der Waals surface area (Å²) >= 11 is 3.40. The minimum Gasteiger partial charge on any atom is -0.488 e. The summed E-state index contributed by atoms with van der Waals surface area (Å²) in [5, 5.41) is 0. The Morgan fingerprint density at radius 2 is 1.95 bits per heavy atom. The van der Waals surface area contributed by atoms with E-state index in [0.717, 1.165) is 10.0 Å². The maximum atomic E-state index is 11.5. The molecule has 1 aromatic rings. The number of hydrogen-bond acceptors (Lipinski definition) is 5. The molecule has 6 heteroatoms. The summed E-state index contributed by atoms with van der Waals surface area (Å²) in [5.41, 5.74) is 1.18. The molecule has 0 aliphatic rings. The second kappa shape index (κ2) is 9.04. The molecule has 5 nitrogen and oxygen atoms in total. The number of rotatable bonds is 6. The van der Waals surface area contributed by atoms with Gasteiger partial charge in [0.25, 0.3) is 0 Å². The van der Waals surface area contributed by atoms with Crippen LogP contribution in [-0.4, -0.2) is 32.8 Å². The molecule has 0 saturated heterocycles. The lowest BCUT2D eigenvalue weighted by molar-refractivity contribution is -0.136. The zero-order valence-corrected chi connectivity index (χ0v) is 14.2. The minimum atomic E-state index is -0.447. The average Bonchev–Trinajstić information content (AvgIpc) is 2.52. The fourth-order valence-electron chi connectivity index (χ4n) is 1.59. The van der Waals surface area contributed by atoms with E-state index in [4.69, 9.17) is 4.74 Å². The number of esters is 2. The maximum Gasteiger partial charge on any atom is 0.333 e. The van der Waals surface area contributed by atoms with Gasteiger partial charge in [-0.1, -0.05) is 12.1 Å². The topological polar surface area (TPSA) is 61.8 Å². The van der Waals surface area contributed by atoms with E-state index < -0.39 is 11.9 Å². The summed E-state index contributed by atoms with van der Waals surface area (Å²) in [4.78, 5) is 22.5. The van der Waals surface area contributed by atoms with Crippen LogP contribution in [0.4, 0.5) is 0 Å². The molecule has 0 aliphatic heterocycles. The number of para-hydroxylation sites is 1. The summed E-state index contributed by atoms with van der Waals surface area (Å²) < 4.78 is 15.5. The van der Waals surface area contributed by atoms with Crippen molar-refractivity contribution in [2.24, 2.45) is 0 Å². The van der Waals surface area contributed by atoms with Crippen LogP contribution in [0.2, 0.25) is 0 Å². The number of hydrogen-bond donors (Lipinski definition) is 0. The smallest absolute Gasteiger partial charge is 0.333 e. The third-order valence-corrected chi connectivity index (χ3v) is 3.28. The van der Waals surface area contributed by atoms with E-state index >= 15 is 0 Å². The quantitative estimate of drug-likeness (QED) is 0.570. The Bertz CT molecular complexity index is 605. The Balaban J connectivity index is 2.93. The highest BCUT2D eigenvalue weighted by Gasteiger charge is 2.09. The van der Waals surface area contributed by atoms with Gasteiger partial charge in [-0.2, -0.15) is 0 Å². The lowest BCUT2D eigenvalue weighted by Gasteiger charge is -2.10. The van der Waals surface area contributed by atoms with Crippen LogP contribution in [-0.2, 0) is 19.1 Å². The summed E-state index contributed by atoms with van der Waals surface area (Å²) in [6.45, 7) is 1.85. The number of carbonyl (C=O) groups excluding carboxylic acids is 2. The van der Waals surface area contributed by atoms with Gasteiger partial charge in [0.2, 0.25) is 0 Å². The third-order valence-electron chi connectivity index (χ3n) is 2.66. The predicted octanol–water partition coefficient (Wildman–Crippen LogP) is 3.13. The third kappa shape index (κ3) is 5.37. The van der Waals surface area contributed by atoms with E-state index in [2.05, 4.69) is 25.4 Å². The molecule has 0 fully saturated rings. The molecule has 0 amide bonds. The normalized spacial score (nSPS) is 11.4. The highest BCUT2D eigenvalue weighted by Crippen LogP contribution is 2.30. The predicted molar refractivity (Wildman–Crippen MR) is 86.5 cm³/mol. The molecule has 0 N–H and O–H groups in total. The van der Waals surface area contributed by atoms with E-state index in [1.54, 1.807) is 19.1 Å². The molecule has 0 atom stereocenters. The zero-order valence-electron chi connectivity index (χ0n) is 12.6. The second-order valence-corrected chi connectivity index (χ2v) is 5.07. The highest BCUT2D eigenvalue weighted by atomic mass is 79.9. The van der Waals surface area contributed by atoms with E-state index in [1.807, 2.05) is 18.2 Å². The molecule has 1 aromatic carbocycles. The van der Waals surface area contributed by atoms with Crippen molar-refractivity contribution in [1.29, 1.82) is 0 Å². The first-order valence-corrected chi connectivity index (χ1v) is 7.21. The van der Waals surface area contributed by atoms with E-state index in [-0.39, 0.29) is 6.61 Å². The molecular weight excluding hydrogens is 352 g/mol. The first-order valence-electron chi connectivity index (χ1n) is 6.42. The van der Waals surface area contributed by atoms with Crippen LogP contribution in [0.5, 0.6) is 5.75 Å². The van der Waals surface area contributed by atoms with Crippen LogP contribution in [0.15, 0.2) is 40.4 Å². The minimum absolute atomic E-state index is 0.190. The van der Waals surface area contributed by atoms with Gasteiger partial charge in [-0.15, -0.1) is 0 Å². The summed E-state index contributed by atoms with van der Waals surface area (Å²) in [7, 11) is 2.63. The fraction of sp³-hybridized carbons (Fsp3) is 0.250. The van der Waals surface area contributed by atoms with Crippen LogP contribution in [0.1, 0.15) is 12.5 Å². The Morgan fingerprint density at radius 1 is 1.23 bits per heavy atom. The lowest BCUT2D eigenvalue weighted by atomic mass is 10.1. The van der Waals surface area contributed by atoms with Crippen LogP contribution < -0.4 is 4.74 Å². The lowest BCUT2D eigenvalue weighted by Crippen LogP contribution is -2.02. The molecule has 0 saturated carbocycles. The largest absolute Gasteiger partial charge is 0.488 e. The van der Waals surface area contributed by atoms with Crippen molar-refractivity contribution in [3.05, 3.63) is 46.0 Å². The van der Waals surface area contributed by atoms with Gasteiger partial charge in [0.15, 0.2) is 0 Å². The summed E-state index contributed by atoms with van der Waals surface area (Å²) in [6, 6.07) is 5.47. The summed E-state index contributed by atoms with van der Waals surface area (Å²) in [6.07, 6.45) is 4.51. The molecule has 0 heterocycles. The van der Waals surface area contributed by atoms with Crippen LogP contribution in [0.25, 0.3) is 6.08 Å². The standard InChI is InChI=1S/C16H17BrO5/c1-11(16(19)21-3)10-12-6-4-7-13(17)15(12)22-9-5-8-14(18)20-2/h4-8,10H,9H2,1-3H3/b8-5+,11-10+. The van der Waals surface area contributed by atoms with Gasteiger partial charge in [0.1, 0.15) is 12.4 Å². The Hall–Kier alpha value is -2.08. The molecule has 0 radical (unpaired) electrons. The van der Waals surface area contributed by atoms with Gasteiger partial charge < -0.3 is 14.2 Å². The van der Waals surface area contributed by atoms with E-state index in [9.17, 15) is 9.59 Å². The van der Waals surface area contributed by atoms with Crippen molar-refractivity contribution in [2.75, 3.05) is 20.8 Å². The van der Waals surface area contributed by atoms with Crippen LogP contribution in [0.3, 0.4) is 0 Å². The van der Waals surface area contributed by atoms with Gasteiger partial charge in [0.05, 0.1) is 18.7 Å². The van der Waals surface area contributed by atoms with Crippen molar-refractivity contribution in [1.82, 2.24) is 0 Å². The second-order valence-electron chi connectivity index (χ2n) is 4.21. The number of methoxy groups -OCH3 is 2. The molecule has 0 aliphatic carbocycles. The molecule has 0 bridgehead atoms. The molecular formula is C16H17BrO5. The van der Waals surface area contributed by atoms with Gasteiger partial charge in [0, 0.05) is 17.2 Å². The average molecular weight is 369 g/mol. The van der Waals surface area contributed by atoms with Crippen molar-refractivity contribution in [3.63, 3.8) is 0 Å². The Labute approximate surface area is 137 Å². The number of ether oxygens (including phenoxy) is 3. The van der Waals surface area contributed by atoms with Crippen LogP contribution >= 0.6 is 15.9 Å². The molecule has 0 aromatic heterocycles. The molecule has 118 valence electrons.